The molecule has 0 fully saturated rings. The van der Waals surface area contributed by atoms with Gasteiger partial charge in [-0.25, -0.2) is 0 Å². The van der Waals surface area contributed by atoms with Gasteiger partial charge in [-0.2, -0.15) is 0 Å². The van der Waals surface area contributed by atoms with Gasteiger partial charge in [-0.15, -0.1) is 0 Å². The molecule has 1 aromatic rings. The van der Waals surface area contributed by atoms with Crippen LogP contribution in [-0.2, 0) is 4.57 Å². The van der Waals surface area contributed by atoms with Crippen LogP contribution < -0.4 is 10.6 Å². The van der Waals surface area contributed by atoms with E-state index in [-0.39, 0.29) is 0 Å². The molecule has 1 rings (SSSR count). The molecule has 2 nitrogen and oxygen atoms in total. The Hall–Kier alpha value is -0.750. The van der Waals surface area contributed by atoms with E-state index in [1.54, 1.807) is 0 Å². The zero-order chi connectivity index (χ0) is 14.1. The summed E-state index contributed by atoms with van der Waals surface area (Å²) in [6, 6.07) is 7.98. The highest BCUT2D eigenvalue weighted by atomic mass is 31.2. The first kappa shape index (κ1) is 16.3. The Balaban J connectivity index is 2.36. The average Bonchev–Trinajstić information content (AvgIpc) is 2.37. The number of benzene rings is 1. The van der Waals surface area contributed by atoms with Crippen molar-refractivity contribution in [1.82, 2.24) is 0 Å². The van der Waals surface area contributed by atoms with Crippen LogP contribution >= 0.6 is 7.14 Å². The van der Waals surface area contributed by atoms with E-state index < -0.39 is 7.14 Å². The van der Waals surface area contributed by atoms with Gasteiger partial charge in [-0.05, 0) is 31.9 Å². The second kappa shape index (κ2) is 8.43. The van der Waals surface area contributed by atoms with Crippen LogP contribution in [0.1, 0.15) is 45.4 Å². The summed E-state index contributed by atoms with van der Waals surface area (Å²) in [5.41, 5.74) is 1.05. The molecule has 0 saturated heterocycles. The maximum absolute atomic E-state index is 12.2. The topological polar surface area (TPSA) is 29.1 Å². The van der Waals surface area contributed by atoms with E-state index in [1.807, 2.05) is 37.6 Å². The summed E-state index contributed by atoms with van der Waals surface area (Å²) in [4.78, 5) is 0. The van der Waals surface area contributed by atoms with E-state index in [0.29, 0.717) is 0 Å². The third kappa shape index (κ3) is 6.29. The first-order valence-electron chi connectivity index (χ1n) is 7.44. The Bertz CT molecular complexity index is 411. The fourth-order valence-corrected chi connectivity index (χ4v) is 3.40. The highest BCUT2D eigenvalue weighted by Gasteiger charge is 2.14. The van der Waals surface area contributed by atoms with Crippen LogP contribution in [0.2, 0.25) is 0 Å². The quantitative estimate of drug-likeness (QED) is 0.525. The van der Waals surface area contributed by atoms with Gasteiger partial charge in [-0.3, -0.25) is 0 Å². The van der Waals surface area contributed by atoms with Crippen LogP contribution in [0.3, 0.4) is 0 Å². The maximum Gasteiger partial charge on any atom is 0.111 e. The minimum absolute atomic E-state index is 0.973. The highest BCUT2D eigenvalue weighted by Crippen LogP contribution is 2.37. The van der Waals surface area contributed by atoms with Gasteiger partial charge in [-0.1, -0.05) is 51.2 Å². The lowest BCUT2D eigenvalue weighted by molar-refractivity contribution is 0.588. The third-order valence-electron chi connectivity index (χ3n) is 3.33. The molecule has 0 unspecified atom stereocenters. The fraction of sp³-hybridized carbons (Fsp3) is 0.625. The van der Waals surface area contributed by atoms with Crippen LogP contribution in [0.5, 0.6) is 0 Å². The minimum atomic E-state index is -2.19. The summed E-state index contributed by atoms with van der Waals surface area (Å²) >= 11 is 0. The molecule has 3 heteroatoms. The molecule has 0 saturated carbocycles. The van der Waals surface area contributed by atoms with Crippen molar-refractivity contribution in [3.05, 3.63) is 24.3 Å². The maximum atomic E-state index is 12.2. The SMILES string of the molecule is CCCCCCCCNc1ccccc1P(C)(C)=O. The second-order valence-electron chi connectivity index (χ2n) is 5.56. The number of hydrogen-bond donors (Lipinski definition) is 1. The van der Waals surface area contributed by atoms with E-state index in [0.717, 1.165) is 17.5 Å². The van der Waals surface area contributed by atoms with Crippen molar-refractivity contribution in [1.29, 1.82) is 0 Å². The minimum Gasteiger partial charge on any atom is -0.384 e. The summed E-state index contributed by atoms with van der Waals surface area (Å²) in [5, 5.41) is 4.41. The number of unbranched alkanes of at least 4 members (excludes halogenated alkanes) is 5. The summed E-state index contributed by atoms with van der Waals surface area (Å²) in [7, 11) is -2.19. The van der Waals surface area contributed by atoms with Gasteiger partial charge in [0.15, 0.2) is 0 Å². The fourth-order valence-electron chi connectivity index (χ4n) is 2.22. The molecule has 19 heavy (non-hydrogen) atoms. The predicted molar refractivity (Wildman–Crippen MR) is 87.4 cm³/mol. The van der Waals surface area contributed by atoms with Crippen LogP contribution in [-0.4, -0.2) is 19.9 Å². The average molecular weight is 281 g/mol. The largest absolute Gasteiger partial charge is 0.384 e. The van der Waals surface area contributed by atoms with E-state index in [1.165, 1.54) is 38.5 Å². The summed E-state index contributed by atoms with van der Waals surface area (Å²) < 4.78 is 12.2. The molecule has 0 bridgehead atoms. The standard InChI is InChI=1S/C16H28NOP/c1-4-5-6-7-8-11-14-17-15-12-9-10-13-16(15)19(2,3)18/h9-10,12-13,17H,4-8,11,14H2,1-3H3. The van der Waals surface area contributed by atoms with Crippen molar-refractivity contribution in [3.63, 3.8) is 0 Å². The molecule has 108 valence electrons. The van der Waals surface area contributed by atoms with E-state index in [2.05, 4.69) is 12.2 Å². The molecule has 0 spiro atoms. The van der Waals surface area contributed by atoms with Crippen molar-refractivity contribution >= 4 is 18.1 Å². The predicted octanol–water partition coefficient (Wildman–Crippen LogP) is 4.71. The monoisotopic (exact) mass is 281 g/mol. The van der Waals surface area contributed by atoms with Gasteiger partial charge in [0.05, 0.1) is 0 Å². The van der Waals surface area contributed by atoms with E-state index in [9.17, 15) is 4.57 Å². The van der Waals surface area contributed by atoms with Crippen LogP contribution in [0, 0.1) is 0 Å². The normalized spacial score (nSPS) is 11.5. The smallest absolute Gasteiger partial charge is 0.111 e. The third-order valence-corrected chi connectivity index (χ3v) is 4.88. The molecule has 0 heterocycles. The summed E-state index contributed by atoms with van der Waals surface area (Å²) in [5.74, 6) is 0. The molecule has 1 N–H and O–H groups in total. The Morgan fingerprint density at radius 2 is 1.63 bits per heavy atom. The number of anilines is 1. The number of hydrogen-bond acceptors (Lipinski definition) is 2. The Labute approximate surface area is 118 Å². The molecule has 0 amide bonds. The molecule has 0 radical (unpaired) electrons. The molecule has 0 atom stereocenters. The zero-order valence-corrected chi connectivity index (χ0v) is 13.5. The summed E-state index contributed by atoms with van der Waals surface area (Å²) in [6.45, 7) is 6.88. The van der Waals surface area contributed by atoms with Gasteiger partial charge in [0, 0.05) is 17.5 Å². The first-order valence-corrected chi connectivity index (χ1v) is 10.0. The molecule has 0 aliphatic carbocycles. The number of para-hydroxylation sites is 1. The van der Waals surface area contributed by atoms with E-state index >= 15 is 0 Å². The molecule has 0 aromatic heterocycles. The number of nitrogens with one attached hydrogen (secondary N) is 1. The highest BCUT2D eigenvalue weighted by molar-refractivity contribution is 7.70. The second-order valence-corrected chi connectivity index (χ2v) is 8.75. The van der Waals surface area contributed by atoms with Crippen LogP contribution in [0.25, 0.3) is 0 Å². The Morgan fingerprint density at radius 3 is 2.32 bits per heavy atom. The van der Waals surface area contributed by atoms with Gasteiger partial charge in [0.25, 0.3) is 0 Å². The molecular formula is C16H28NOP. The number of rotatable bonds is 9. The lowest BCUT2D eigenvalue weighted by atomic mass is 10.1. The Kier molecular flexibility index (Phi) is 7.23. The van der Waals surface area contributed by atoms with Gasteiger partial charge >= 0.3 is 0 Å². The lowest BCUT2D eigenvalue weighted by Crippen LogP contribution is -2.13. The van der Waals surface area contributed by atoms with Crippen molar-refractivity contribution in [3.8, 4) is 0 Å². The van der Waals surface area contributed by atoms with Crippen molar-refractivity contribution < 1.29 is 4.57 Å². The zero-order valence-electron chi connectivity index (χ0n) is 12.6. The lowest BCUT2D eigenvalue weighted by Gasteiger charge is -2.14. The molecule has 1 aromatic carbocycles. The van der Waals surface area contributed by atoms with Gasteiger partial charge in [0.1, 0.15) is 7.14 Å². The summed E-state index contributed by atoms with van der Waals surface area (Å²) in [6.07, 6.45) is 7.81. The van der Waals surface area contributed by atoms with Crippen molar-refractivity contribution in [2.45, 2.75) is 45.4 Å². The molecular weight excluding hydrogens is 253 g/mol. The van der Waals surface area contributed by atoms with Crippen molar-refractivity contribution in [2.75, 3.05) is 25.2 Å². The Morgan fingerprint density at radius 1 is 1.00 bits per heavy atom. The van der Waals surface area contributed by atoms with Gasteiger partial charge < -0.3 is 9.88 Å². The van der Waals surface area contributed by atoms with Gasteiger partial charge in [0.2, 0.25) is 0 Å². The molecule has 0 aliphatic heterocycles. The first-order chi connectivity index (χ1) is 9.05. The van der Waals surface area contributed by atoms with Crippen LogP contribution in [0.4, 0.5) is 5.69 Å². The van der Waals surface area contributed by atoms with Crippen molar-refractivity contribution in [2.24, 2.45) is 0 Å². The molecule has 0 aliphatic rings. The van der Waals surface area contributed by atoms with Crippen LogP contribution in [0.15, 0.2) is 24.3 Å². The van der Waals surface area contributed by atoms with E-state index in [4.69, 9.17) is 0 Å².